The van der Waals surface area contributed by atoms with Gasteiger partial charge < -0.3 is 15.4 Å². The van der Waals surface area contributed by atoms with E-state index in [1.165, 1.54) is 13.2 Å². The topological polar surface area (TPSA) is 67.4 Å². The second-order valence-electron chi connectivity index (χ2n) is 5.50. The lowest BCUT2D eigenvalue weighted by atomic mass is 10.1. The summed E-state index contributed by atoms with van der Waals surface area (Å²) in [7, 11) is 1.53. The Labute approximate surface area is 148 Å². The van der Waals surface area contributed by atoms with Gasteiger partial charge in [0.15, 0.2) is 0 Å². The van der Waals surface area contributed by atoms with Crippen molar-refractivity contribution in [3.05, 3.63) is 59.7 Å². The summed E-state index contributed by atoms with van der Waals surface area (Å²) in [5.41, 5.74) is -0.287. The van der Waals surface area contributed by atoms with Crippen molar-refractivity contribution >= 4 is 17.5 Å². The monoisotopic (exact) mass is 366 g/mol. The first kappa shape index (κ1) is 19.3. The first-order chi connectivity index (χ1) is 12.2. The molecule has 8 heteroatoms. The number of carbonyl (C=O) groups excluding carboxylic acids is 2. The van der Waals surface area contributed by atoms with Crippen molar-refractivity contribution in [2.24, 2.45) is 0 Å². The normalized spacial score (nSPS) is 12.2. The summed E-state index contributed by atoms with van der Waals surface area (Å²) in [5, 5.41) is 4.64. The van der Waals surface area contributed by atoms with Crippen LogP contribution in [0.3, 0.4) is 0 Å². The molecule has 0 spiro atoms. The number of carbonyl (C=O) groups is 2. The summed E-state index contributed by atoms with van der Waals surface area (Å²) in [6.07, 6.45) is -4.54. The van der Waals surface area contributed by atoms with Crippen LogP contribution in [0.25, 0.3) is 0 Å². The zero-order valence-electron chi connectivity index (χ0n) is 14.1. The SMILES string of the molecule is COc1ccc([C@@H](C)NC(=O)C(=O)Nc2cccc(C(F)(F)F)c2)cc1. The minimum absolute atomic E-state index is 0.114. The van der Waals surface area contributed by atoms with Gasteiger partial charge in [-0.3, -0.25) is 9.59 Å². The molecule has 138 valence electrons. The van der Waals surface area contributed by atoms with Crippen molar-refractivity contribution in [2.75, 3.05) is 12.4 Å². The quantitative estimate of drug-likeness (QED) is 0.814. The van der Waals surface area contributed by atoms with E-state index in [0.29, 0.717) is 5.75 Å². The zero-order valence-corrected chi connectivity index (χ0v) is 14.1. The number of amides is 2. The van der Waals surface area contributed by atoms with Crippen LogP contribution in [0.4, 0.5) is 18.9 Å². The minimum Gasteiger partial charge on any atom is -0.497 e. The van der Waals surface area contributed by atoms with Gasteiger partial charge in [-0.2, -0.15) is 13.2 Å². The largest absolute Gasteiger partial charge is 0.497 e. The minimum atomic E-state index is -4.54. The Kier molecular flexibility index (Phi) is 5.86. The van der Waals surface area contributed by atoms with E-state index in [-0.39, 0.29) is 5.69 Å². The highest BCUT2D eigenvalue weighted by Gasteiger charge is 2.30. The molecule has 5 nitrogen and oxygen atoms in total. The second kappa shape index (κ2) is 7.90. The lowest BCUT2D eigenvalue weighted by Crippen LogP contribution is -2.36. The predicted octanol–water partition coefficient (Wildman–Crippen LogP) is 3.53. The van der Waals surface area contributed by atoms with Gasteiger partial charge in [-0.15, -0.1) is 0 Å². The summed E-state index contributed by atoms with van der Waals surface area (Å²) >= 11 is 0. The van der Waals surface area contributed by atoms with Crippen LogP contribution in [-0.4, -0.2) is 18.9 Å². The Hall–Kier alpha value is -3.03. The molecule has 0 heterocycles. The van der Waals surface area contributed by atoms with E-state index in [2.05, 4.69) is 10.6 Å². The van der Waals surface area contributed by atoms with E-state index < -0.39 is 29.6 Å². The Morgan fingerprint density at radius 1 is 1.04 bits per heavy atom. The number of nitrogens with one attached hydrogen (secondary N) is 2. The number of anilines is 1. The van der Waals surface area contributed by atoms with Gasteiger partial charge in [0, 0.05) is 5.69 Å². The number of benzene rings is 2. The van der Waals surface area contributed by atoms with Gasteiger partial charge in [-0.05, 0) is 42.8 Å². The molecule has 0 aliphatic carbocycles. The van der Waals surface area contributed by atoms with E-state index in [4.69, 9.17) is 4.74 Å². The molecule has 0 saturated heterocycles. The van der Waals surface area contributed by atoms with Crippen molar-refractivity contribution in [3.63, 3.8) is 0 Å². The number of hydrogen-bond acceptors (Lipinski definition) is 3. The van der Waals surface area contributed by atoms with E-state index >= 15 is 0 Å². The first-order valence-electron chi connectivity index (χ1n) is 7.64. The second-order valence-corrected chi connectivity index (χ2v) is 5.50. The van der Waals surface area contributed by atoms with Gasteiger partial charge in [0.25, 0.3) is 0 Å². The van der Waals surface area contributed by atoms with Crippen LogP contribution in [-0.2, 0) is 15.8 Å². The fraction of sp³-hybridized carbons (Fsp3) is 0.222. The summed E-state index contributed by atoms with van der Waals surface area (Å²) in [4.78, 5) is 23.9. The third kappa shape index (κ3) is 4.98. The van der Waals surface area contributed by atoms with Gasteiger partial charge in [0.2, 0.25) is 0 Å². The molecule has 0 aromatic heterocycles. The molecule has 0 bridgehead atoms. The molecule has 2 rings (SSSR count). The molecule has 2 aromatic carbocycles. The molecule has 1 atom stereocenters. The van der Waals surface area contributed by atoms with Crippen molar-refractivity contribution in [3.8, 4) is 5.75 Å². The number of methoxy groups -OCH3 is 1. The molecule has 0 aliphatic heterocycles. The average Bonchev–Trinajstić information content (AvgIpc) is 2.61. The van der Waals surface area contributed by atoms with Gasteiger partial charge in [-0.25, -0.2) is 0 Å². The smallest absolute Gasteiger partial charge is 0.416 e. The van der Waals surface area contributed by atoms with Crippen LogP contribution in [0.2, 0.25) is 0 Å². The van der Waals surface area contributed by atoms with Crippen molar-refractivity contribution < 1.29 is 27.5 Å². The van der Waals surface area contributed by atoms with Gasteiger partial charge >= 0.3 is 18.0 Å². The van der Waals surface area contributed by atoms with E-state index in [0.717, 1.165) is 23.8 Å². The fourth-order valence-corrected chi connectivity index (χ4v) is 2.20. The third-order valence-electron chi connectivity index (χ3n) is 3.62. The summed E-state index contributed by atoms with van der Waals surface area (Å²) in [5.74, 6) is -1.36. The van der Waals surface area contributed by atoms with E-state index in [9.17, 15) is 22.8 Å². The van der Waals surface area contributed by atoms with E-state index in [1.54, 1.807) is 31.2 Å². The Balaban J connectivity index is 2.00. The maximum absolute atomic E-state index is 12.7. The lowest BCUT2D eigenvalue weighted by molar-refractivity contribution is -0.137. The number of ether oxygens (including phenoxy) is 1. The highest BCUT2D eigenvalue weighted by molar-refractivity contribution is 6.39. The highest BCUT2D eigenvalue weighted by atomic mass is 19.4. The van der Waals surface area contributed by atoms with Crippen LogP contribution in [0, 0.1) is 0 Å². The van der Waals surface area contributed by atoms with Crippen molar-refractivity contribution in [2.45, 2.75) is 19.1 Å². The molecule has 26 heavy (non-hydrogen) atoms. The average molecular weight is 366 g/mol. The van der Waals surface area contributed by atoms with Gasteiger partial charge in [0.05, 0.1) is 18.7 Å². The molecular weight excluding hydrogens is 349 g/mol. The van der Waals surface area contributed by atoms with Gasteiger partial charge in [-0.1, -0.05) is 18.2 Å². The molecule has 0 unspecified atom stereocenters. The maximum atomic E-state index is 12.7. The van der Waals surface area contributed by atoms with Crippen LogP contribution < -0.4 is 15.4 Å². The molecule has 2 N–H and O–H groups in total. The Morgan fingerprint density at radius 3 is 2.27 bits per heavy atom. The number of hydrogen-bond donors (Lipinski definition) is 2. The van der Waals surface area contributed by atoms with Gasteiger partial charge in [0.1, 0.15) is 5.75 Å². The summed E-state index contributed by atoms with van der Waals surface area (Å²) in [6.45, 7) is 1.68. The summed E-state index contributed by atoms with van der Waals surface area (Å²) < 4.78 is 43.1. The predicted molar refractivity (Wildman–Crippen MR) is 89.6 cm³/mol. The molecule has 0 aliphatic rings. The fourth-order valence-electron chi connectivity index (χ4n) is 2.20. The van der Waals surface area contributed by atoms with Crippen molar-refractivity contribution in [1.29, 1.82) is 0 Å². The molecule has 0 saturated carbocycles. The molecule has 2 amide bonds. The van der Waals surface area contributed by atoms with Crippen LogP contribution >= 0.6 is 0 Å². The molecular formula is C18H17F3N2O3. The number of halogens is 3. The molecule has 2 aromatic rings. The van der Waals surface area contributed by atoms with Crippen LogP contribution in [0.5, 0.6) is 5.75 Å². The molecule has 0 fully saturated rings. The highest BCUT2D eigenvalue weighted by Crippen LogP contribution is 2.30. The standard InChI is InChI=1S/C18H17F3N2O3/c1-11(12-6-8-15(26-2)9-7-12)22-16(24)17(25)23-14-5-3-4-13(10-14)18(19,20)21/h3-11H,1-2H3,(H,22,24)(H,23,25)/t11-/m1/s1. The Bertz CT molecular complexity index is 789. The van der Waals surface area contributed by atoms with E-state index in [1.807, 2.05) is 0 Å². The number of alkyl halides is 3. The summed E-state index contributed by atoms with van der Waals surface area (Å²) in [6, 6.07) is 10.5. The molecule has 0 radical (unpaired) electrons. The van der Waals surface area contributed by atoms with Crippen LogP contribution in [0.15, 0.2) is 48.5 Å². The zero-order chi connectivity index (χ0) is 19.3. The maximum Gasteiger partial charge on any atom is 0.416 e. The third-order valence-corrected chi connectivity index (χ3v) is 3.62. The first-order valence-corrected chi connectivity index (χ1v) is 7.64. The number of rotatable bonds is 4. The lowest BCUT2D eigenvalue weighted by Gasteiger charge is -2.15. The van der Waals surface area contributed by atoms with Crippen LogP contribution in [0.1, 0.15) is 24.1 Å². The Morgan fingerprint density at radius 2 is 1.69 bits per heavy atom. The van der Waals surface area contributed by atoms with Crippen molar-refractivity contribution in [1.82, 2.24) is 5.32 Å².